The normalized spacial score (nSPS) is 12.3. The van der Waals surface area contributed by atoms with Gasteiger partial charge in [0.05, 0.1) is 15.2 Å². The van der Waals surface area contributed by atoms with Gasteiger partial charge in [-0.15, -0.1) is 11.3 Å². The molecule has 4 rings (SSSR count). The van der Waals surface area contributed by atoms with Crippen molar-refractivity contribution in [2.45, 2.75) is 44.6 Å². The lowest BCUT2D eigenvalue weighted by Gasteiger charge is -2.21. The molecule has 0 aliphatic rings. The van der Waals surface area contributed by atoms with Crippen molar-refractivity contribution in [3.8, 4) is 11.1 Å². The Bertz CT molecular complexity index is 1430. The zero-order chi connectivity index (χ0) is 27.3. The second-order valence-corrected chi connectivity index (χ2v) is 11.9. The van der Waals surface area contributed by atoms with Gasteiger partial charge in [-0.3, -0.25) is 0 Å². The molecule has 0 bridgehead atoms. The first kappa shape index (κ1) is 27.6. The number of hydrogen-bond acceptors (Lipinski definition) is 6. The fourth-order valence-electron chi connectivity index (χ4n) is 3.79. The topological polar surface area (TPSA) is 88.5 Å². The van der Waals surface area contributed by atoms with Gasteiger partial charge < -0.3 is 15.2 Å². The molecule has 38 heavy (non-hydrogen) atoms. The summed E-state index contributed by atoms with van der Waals surface area (Å²) in [5.74, 6) is -0.520. The van der Waals surface area contributed by atoms with E-state index in [1.54, 1.807) is 26.8 Å². The minimum Gasteiger partial charge on any atom is -0.480 e. The van der Waals surface area contributed by atoms with Crippen LogP contribution in [0, 0.1) is 5.82 Å². The first-order chi connectivity index (χ1) is 18.1. The highest BCUT2D eigenvalue weighted by molar-refractivity contribution is 7.98. The summed E-state index contributed by atoms with van der Waals surface area (Å²) in [7, 11) is 0. The van der Waals surface area contributed by atoms with E-state index in [0.717, 1.165) is 27.3 Å². The second kappa shape index (κ2) is 12.0. The van der Waals surface area contributed by atoms with Crippen LogP contribution in [0.4, 0.5) is 9.18 Å². The molecule has 0 saturated carbocycles. The van der Waals surface area contributed by atoms with Crippen LogP contribution in [0.15, 0.2) is 66.7 Å². The smallest absolute Gasteiger partial charge is 0.408 e. The number of aliphatic carboxylic acids is 1. The van der Waals surface area contributed by atoms with Crippen molar-refractivity contribution in [2.24, 2.45) is 0 Å². The Labute approximate surface area is 229 Å². The fraction of sp³-hybridized carbons (Fsp3) is 0.276. The number of aromatic nitrogens is 1. The van der Waals surface area contributed by atoms with E-state index >= 15 is 0 Å². The monoisotopic (exact) mass is 552 g/mol. The molecular formula is C29H29FN2O4S2. The molecule has 1 unspecified atom stereocenters. The molecule has 0 radical (unpaired) electrons. The van der Waals surface area contributed by atoms with Gasteiger partial charge in [-0.2, -0.15) is 11.8 Å². The highest BCUT2D eigenvalue weighted by Crippen LogP contribution is 2.28. The predicted molar refractivity (Wildman–Crippen MR) is 151 cm³/mol. The van der Waals surface area contributed by atoms with Crippen LogP contribution in [-0.2, 0) is 21.7 Å². The highest BCUT2D eigenvalue weighted by Gasteiger charge is 2.23. The van der Waals surface area contributed by atoms with Crippen molar-refractivity contribution in [1.29, 1.82) is 0 Å². The van der Waals surface area contributed by atoms with Crippen LogP contribution in [-0.4, -0.2) is 39.5 Å². The van der Waals surface area contributed by atoms with E-state index < -0.39 is 23.7 Å². The zero-order valence-electron chi connectivity index (χ0n) is 21.4. The lowest BCUT2D eigenvalue weighted by atomic mass is 10.0. The summed E-state index contributed by atoms with van der Waals surface area (Å²) in [6, 6.07) is 20.2. The van der Waals surface area contributed by atoms with Crippen LogP contribution < -0.4 is 5.32 Å². The summed E-state index contributed by atoms with van der Waals surface area (Å²) < 4.78 is 19.8. The third-order valence-corrected chi connectivity index (χ3v) is 7.71. The number of thiazole rings is 1. The number of alkyl carbamates (subject to hydrolysis) is 1. The third-order valence-electron chi connectivity index (χ3n) is 5.52. The van der Waals surface area contributed by atoms with Crippen LogP contribution in [0.5, 0.6) is 0 Å². The van der Waals surface area contributed by atoms with E-state index in [0.29, 0.717) is 22.4 Å². The molecule has 1 atom stereocenters. The largest absolute Gasteiger partial charge is 0.480 e. The van der Waals surface area contributed by atoms with Crippen molar-refractivity contribution in [1.82, 2.24) is 10.3 Å². The maximum absolute atomic E-state index is 14.0. The molecule has 9 heteroatoms. The minimum atomic E-state index is -1.10. The summed E-state index contributed by atoms with van der Waals surface area (Å²) in [6.07, 6.45) is -0.115. The number of amides is 1. The maximum atomic E-state index is 14.0. The summed E-state index contributed by atoms with van der Waals surface area (Å²) in [5.41, 5.74) is 4.26. The Balaban J connectivity index is 1.34. The molecule has 0 spiro atoms. The summed E-state index contributed by atoms with van der Waals surface area (Å²) in [4.78, 5) is 28.1. The third kappa shape index (κ3) is 7.55. The number of carbonyl (C=O) groups excluding carboxylic acids is 1. The van der Waals surface area contributed by atoms with E-state index in [1.807, 2.05) is 48.5 Å². The number of carboxylic acids is 1. The maximum Gasteiger partial charge on any atom is 0.408 e. The van der Waals surface area contributed by atoms with Gasteiger partial charge in [-0.1, -0.05) is 54.6 Å². The van der Waals surface area contributed by atoms with Gasteiger partial charge >= 0.3 is 12.1 Å². The number of thioether (sulfide) groups is 1. The van der Waals surface area contributed by atoms with Crippen LogP contribution in [0.25, 0.3) is 21.3 Å². The van der Waals surface area contributed by atoms with Crippen LogP contribution in [0.2, 0.25) is 0 Å². The molecular weight excluding hydrogens is 523 g/mol. The zero-order valence-corrected chi connectivity index (χ0v) is 23.0. The van der Waals surface area contributed by atoms with E-state index in [1.165, 1.54) is 29.2 Å². The molecule has 3 aromatic carbocycles. The molecule has 0 saturated heterocycles. The summed E-state index contributed by atoms with van der Waals surface area (Å²) >= 11 is 2.81. The molecule has 198 valence electrons. The highest BCUT2D eigenvalue weighted by atomic mass is 32.2. The molecule has 1 aromatic heterocycles. The number of fused-ring (bicyclic) bond motifs is 1. The van der Waals surface area contributed by atoms with Gasteiger partial charge in [-0.25, -0.2) is 19.0 Å². The van der Waals surface area contributed by atoms with Gasteiger partial charge in [-0.05, 0) is 55.2 Å². The number of carbonyl (C=O) groups is 2. The average Bonchev–Trinajstić information content (AvgIpc) is 3.26. The van der Waals surface area contributed by atoms with Gasteiger partial charge in [0.2, 0.25) is 0 Å². The number of nitrogens with zero attached hydrogens (tertiary/aromatic N) is 1. The average molecular weight is 553 g/mol. The summed E-state index contributed by atoms with van der Waals surface area (Å²) in [5, 5.41) is 12.7. The van der Waals surface area contributed by atoms with Gasteiger partial charge in [0.25, 0.3) is 0 Å². The molecule has 2 N–H and O–H groups in total. The fourth-order valence-corrected chi connectivity index (χ4v) is 5.80. The van der Waals surface area contributed by atoms with Crippen molar-refractivity contribution in [3.05, 3.63) is 88.7 Å². The Kier molecular flexibility index (Phi) is 8.69. The number of ether oxygens (including phenoxy) is 1. The van der Waals surface area contributed by atoms with Crippen molar-refractivity contribution >= 4 is 45.4 Å². The molecule has 4 aromatic rings. The van der Waals surface area contributed by atoms with E-state index in [2.05, 4.69) is 16.4 Å². The molecule has 6 nitrogen and oxygen atoms in total. The van der Waals surface area contributed by atoms with Crippen molar-refractivity contribution < 1.29 is 23.8 Å². The minimum absolute atomic E-state index is 0.216. The summed E-state index contributed by atoms with van der Waals surface area (Å²) in [6.45, 7) is 5.17. The molecule has 0 fully saturated rings. The lowest BCUT2D eigenvalue weighted by Crippen LogP contribution is -2.44. The standard InChI is InChI=1S/C29H29FN2O4S2/c1-29(2,3)36-28(35)32-24(27(33)34)17-37-16-18-10-12-20(13-11-18)21-7-4-6-19(14-21)15-25-31-23-9-5-8-22(30)26(23)38-25/h4-14,24H,15-17H2,1-3H3,(H,32,35)(H,33,34). The van der Waals surface area contributed by atoms with Gasteiger partial charge in [0.15, 0.2) is 0 Å². The number of halogens is 1. The van der Waals surface area contributed by atoms with Crippen LogP contribution >= 0.6 is 23.1 Å². The van der Waals surface area contributed by atoms with E-state index in [9.17, 15) is 19.1 Å². The molecule has 1 amide bonds. The van der Waals surface area contributed by atoms with E-state index in [4.69, 9.17) is 4.74 Å². The van der Waals surface area contributed by atoms with Gasteiger partial charge in [0.1, 0.15) is 17.5 Å². The number of carboxylic acid groups (broad SMARTS) is 1. The first-order valence-electron chi connectivity index (χ1n) is 12.1. The quantitative estimate of drug-likeness (QED) is 0.235. The number of benzene rings is 3. The van der Waals surface area contributed by atoms with Crippen LogP contribution in [0.3, 0.4) is 0 Å². The lowest BCUT2D eigenvalue weighted by molar-refractivity contribution is -0.138. The Hall–Kier alpha value is -3.43. The second-order valence-electron chi connectivity index (χ2n) is 9.82. The number of rotatable bonds is 9. The van der Waals surface area contributed by atoms with Crippen molar-refractivity contribution in [2.75, 3.05) is 5.75 Å². The SMILES string of the molecule is CC(C)(C)OC(=O)NC(CSCc1ccc(-c2cccc(Cc3nc4cccc(F)c4s3)c2)cc1)C(=O)O. The van der Waals surface area contributed by atoms with E-state index in [-0.39, 0.29) is 11.6 Å². The number of nitrogens with one attached hydrogen (secondary N) is 1. The Morgan fingerprint density at radius 2 is 1.79 bits per heavy atom. The molecule has 1 heterocycles. The van der Waals surface area contributed by atoms with Gasteiger partial charge in [0, 0.05) is 17.9 Å². The molecule has 0 aliphatic carbocycles. The first-order valence-corrected chi connectivity index (χ1v) is 14.1. The van der Waals surface area contributed by atoms with Crippen molar-refractivity contribution in [3.63, 3.8) is 0 Å². The predicted octanol–water partition coefficient (Wildman–Crippen LogP) is 6.90. The Morgan fingerprint density at radius 1 is 1.05 bits per heavy atom. The molecule has 0 aliphatic heterocycles. The number of hydrogen-bond donors (Lipinski definition) is 2. The van der Waals surface area contributed by atoms with Crippen LogP contribution in [0.1, 0.15) is 36.9 Å². The Morgan fingerprint density at radius 3 is 2.47 bits per heavy atom.